The monoisotopic (exact) mass is 232 g/mol. The summed E-state index contributed by atoms with van der Waals surface area (Å²) in [6.07, 6.45) is 0. The summed E-state index contributed by atoms with van der Waals surface area (Å²) in [6.45, 7) is 0. The molecule has 0 aliphatic rings. The number of hydrogen-bond donors (Lipinski definition) is 0. The average molecular weight is 232 g/mol. The summed E-state index contributed by atoms with van der Waals surface area (Å²) in [6, 6.07) is 3.63. The van der Waals surface area contributed by atoms with E-state index in [2.05, 4.69) is 0 Å². The topological polar surface area (TPSA) is 23.1 Å². The van der Waals surface area contributed by atoms with Gasteiger partial charge < -0.3 is 5.11 Å². The van der Waals surface area contributed by atoms with Crippen LogP contribution in [0.25, 0.3) is 0 Å². The number of hydrogen-bond acceptors (Lipinski definition) is 3. The predicted octanol–water partition coefficient (Wildman–Crippen LogP) is -0.283. The molecule has 0 unspecified atom stereocenters. The summed E-state index contributed by atoms with van der Waals surface area (Å²) in [5, 5.41) is 10.7. The van der Waals surface area contributed by atoms with Crippen molar-refractivity contribution in [1.82, 2.24) is 0 Å². The minimum Gasteiger partial charge on any atom is -0.872 e. The second-order valence-electron chi connectivity index (χ2n) is 1.76. The minimum atomic E-state index is -0.421. The van der Waals surface area contributed by atoms with Crippen LogP contribution in [0.4, 0.5) is 7.77 Å². The molecular formula is C6H3F2KOS2. The van der Waals surface area contributed by atoms with Crippen LogP contribution in [0.2, 0.25) is 0 Å². The number of halogens is 2. The molecule has 0 saturated heterocycles. The molecule has 0 atom stereocenters. The third-order valence-electron chi connectivity index (χ3n) is 1.09. The van der Waals surface area contributed by atoms with E-state index in [9.17, 15) is 12.9 Å². The van der Waals surface area contributed by atoms with Gasteiger partial charge in [0.25, 0.3) is 0 Å². The maximum absolute atomic E-state index is 11.9. The Labute approximate surface area is 120 Å². The molecule has 0 fully saturated rings. The standard InChI is InChI=1S/C6H4F2OS2.K/c7-10-4-1-2-5(9)6(3-4)11-8;/h1-3,9H;/q;+1/p-1. The Morgan fingerprint density at radius 2 is 1.83 bits per heavy atom. The van der Waals surface area contributed by atoms with E-state index < -0.39 is 5.75 Å². The third-order valence-corrected chi connectivity index (χ3v) is 2.00. The van der Waals surface area contributed by atoms with Crippen molar-refractivity contribution in [2.24, 2.45) is 0 Å². The normalized spacial score (nSPS) is 9.17. The van der Waals surface area contributed by atoms with Gasteiger partial charge in [-0.05, 0) is 12.1 Å². The van der Waals surface area contributed by atoms with Crippen molar-refractivity contribution in [1.29, 1.82) is 0 Å². The Morgan fingerprint density at radius 1 is 1.17 bits per heavy atom. The van der Waals surface area contributed by atoms with E-state index in [1.54, 1.807) is 0 Å². The summed E-state index contributed by atoms with van der Waals surface area (Å²) in [5.41, 5.74) is 0. The average Bonchev–Trinajstić information content (AvgIpc) is 2.05. The van der Waals surface area contributed by atoms with Gasteiger partial charge in [0.15, 0.2) is 0 Å². The van der Waals surface area contributed by atoms with Crippen LogP contribution in [0.1, 0.15) is 0 Å². The van der Waals surface area contributed by atoms with Crippen molar-refractivity contribution >= 4 is 24.3 Å². The van der Waals surface area contributed by atoms with Crippen LogP contribution in [-0.2, 0) is 0 Å². The van der Waals surface area contributed by atoms with Crippen LogP contribution in [0.3, 0.4) is 0 Å². The molecule has 0 heterocycles. The van der Waals surface area contributed by atoms with Crippen molar-refractivity contribution in [3.05, 3.63) is 18.2 Å². The van der Waals surface area contributed by atoms with Crippen molar-refractivity contribution in [2.75, 3.05) is 0 Å². The zero-order valence-electron chi connectivity index (χ0n) is 6.21. The van der Waals surface area contributed by atoms with E-state index in [0.29, 0.717) is 0 Å². The van der Waals surface area contributed by atoms with E-state index in [0.717, 1.165) is 6.07 Å². The molecule has 12 heavy (non-hydrogen) atoms. The smallest absolute Gasteiger partial charge is 0.872 e. The van der Waals surface area contributed by atoms with E-state index in [1.807, 2.05) is 0 Å². The third kappa shape index (κ3) is 3.53. The molecular weight excluding hydrogens is 229 g/mol. The minimum absolute atomic E-state index is 0. The summed E-state index contributed by atoms with van der Waals surface area (Å²) in [5.74, 6) is -0.421. The fourth-order valence-electron chi connectivity index (χ4n) is 0.597. The first-order valence-corrected chi connectivity index (χ1v) is 4.09. The molecule has 1 aromatic rings. The fraction of sp³-hybridized carbons (Fsp3) is 0. The van der Waals surface area contributed by atoms with Crippen molar-refractivity contribution < 1.29 is 64.3 Å². The van der Waals surface area contributed by atoms with Gasteiger partial charge in [-0.25, -0.2) is 0 Å². The fourth-order valence-corrected chi connectivity index (χ4v) is 1.27. The van der Waals surface area contributed by atoms with E-state index in [1.165, 1.54) is 12.1 Å². The largest absolute Gasteiger partial charge is 1.00 e. The first kappa shape index (κ1) is 13.2. The molecule has 0 amide bonds. The van der Waals surface area contributed by atoms with Gasteiger partial charge in [-0.15, -0.1) is 0 Å². The molecule has 0 saturated carbocycles. The van der Waals surface area contributed by atoms with E-state index in [-0.39, 0.29) is 85.5 Å². The molecule has 0 aliphatic heterocycles. The van der Waals surface area contributed by atoms with Gasteiger partial charge in [0, 0.05) is 9.79 Å². The second kappa shape index (κ2) is 6.64. The molecule has 6 heteroatoms. The Bertz CT molecular complexity index is 259. The van der Waals surface area contributed by atoms with Gasteiger partial charge in [-0.1, -0.05) is 11.8 Å². The van der Waals surface area contributed by atoms with Gasteiger partial charge in [0.05, 0.1) is 24.3 Å². The van der Waals surface area contributed by atoms with Gasteiger partial charge in [-0.2, -0.15) is 7.77 Å². The first-order chi connectivity index (χ1) is 5.27. The van der Waals surface area contributed by atoms with Gasteiger partial charge >= 0.3 is 51.4 Å². The van der Waals surface area contributed by atoms with Crippen LogP contribution in [0, 0.1) is 0 Å². The molecule has 1 rings (SSSR count). The van der Waals surface area contributed by atoms with Gasteiger partial charge in [0.2, 0.25) is 0 Å². The van der Waals surface area contributed by atoms with E-state index in [4.69, 9.17) is 0 Å². The summed E-state index contributed by atoms with van der Waals surface area (Å²) in [7, 11) is 0. The van der Waals surface area contributed by atoms with Crippen molar-refractivity contribution in [2.45, 2.75) is 9.79 Å². The zero-order valence-corrected chi connectivity index (χ0v) is 11.0. The molecule has 1 nitrogen and oxygen atoms in total. The SMILES string of the molecule is [K+].[O-]c1ccc(SF)cc1SF. The second-order valence-corrected chi connectivity index (χ2v) is 2.98. The predicted molar refractivity (Wildman–Crippen MR) is 39.8 cm³/mol. The molecule has 0 aliphatic carbocycles. The number of rotatable bonds is 2. The van der Waals surface area contributed by atoms with Crippen molar-refractivity contribution in [3.8, 4) is 5.75 Å². The van der Waals surface area contributed by atoms with Crippen LogP contribution in [0.15, 0.2) is 28.0 Å². The summed E-state index contributed by atoms with van der Waals surface area (Å²) in [4.78, 5) is 0.164. The molecule has 0 radical (unpaired) electrons. The molecule has 0 aromatic heterocycles. The van der Waals surface area contributed by atoms with Gasteiger partial charge in [-0.3, -0.25) is 0 Å². The number of benzene rings is 1. The Hall–Kier alpha value is 1.22. The Morgan fingerprint density at radius 3 is 2.33 bits per heavy atom. The van der Waals surface area contributed by atoms with Gasteiger partial charge in [0.1, 0.15) is 0 Å². The zero-order chi connectivity index (χ0) is 8.27. The quantitative estimate of drug-likeness (QED) is 0.655. The Balaban J connectivity index is 0.00000121. The molecule has 0 spiro atoms. The van der Waals surface area contributed by atoms with Crippen LogP contribution < -0.4 is 56.5 Å². The van der Waals surface area contributed by atoms with Crippen LogP contribution in [-0.4, -0.2) is 0 Å². The van der Waals surface area contributed by atoms with Crippen LogP contribution in [0.5, 0.6) is 5.75 Å². The Kier molecular flexibility index (Phi) is 7.31. The maximum Gasteiger partial charge on any atom is 1.00 e. The van der Waals surface area contributed by atoms with Crippen molar-refractivity contribution in [3.63, 3.8) is 0 Å². The molecule has 0 N–H and O–H groups in total. The maximum atomic E-state index is 11.9. The summed E-state index contributed by atoms with van der Waals surface area (Å²) >= 11 is -0.179. The van der Waals surface area contributed by atoms with Crippen LogP contribution >= 0.6 is 24.3 Å². The van der Waals surface area contributed by atoms with E-state index >= 15 is 0 Å². The molecule has 1 aromatic carbocycles. The molecule has 60 valence electrons. The first-order valence-electron chi connectivity index (χ1n) is 2.66. The molecule has 0 bridgehead atoms. The summed E-state index contributed by atoms with van der Waals surface area (Å²) < 4.78 is 23.7.